The second-order valence-electron chi connectivity index (χ2n) is 6.01. The third kappa shape index (κ3) is 2.96. The van der Waals surface area contributed by atoms with E-state index in [1.54, 1.807) is 0 Å². The first-order valence-electron chi connectivity index (χ1n) is 7.47. The average molecular weight is 274 g/mol. The summed E-state index contributed by atoms with van der Waals surface area (Å²) in [4.78, 5) is 11.9. The first kappa shape index (κ1) is 13.4. The molecule has 0 bridgehead atoms. The normalized spacial score (nSPS) is 29.9. The maximum atomic E-state index is 11.9. The summed E-state index contributed by atoms with van der Waals surface area (Å²) >= 11 is 0. The number of primary amides is 1. The summed E-state index contributed by atoms with van der Waals surface area (Å²) in [5, 5.41) is 3.47. The van der Waals surface area contributed by atoms with Crippen LogP contribution in [-0.4, -0.2) is 23.6 Å². The molecule has 3 N–H and O–H groups in total. The monoisotopic (exact) mass is 274 g/mol. The van der Waals surface area contributed by atoms with E-state index in [1.165, 1.54) is 0 Å². The summed E-state index contributed by atoms with van der Waals surface area (Å²) < 4.78 is 6.01. The molecular weight excluding hydrogens is 252 g/mol. The number of para-hydroxylation sites is 1. The molecule has 108 valence electrons. The SMILES string of the molecule is NC(=O)C1(NC2CC2)CCCC(Oc2ccccc2)C1. The second-order valence-corrected chi connectivity index (χ2v) is 6.01. The van der Waals surface area contributed by atoms with Gasteiger partial charge < -0.3 is 15.8 Å². The molecule has 20 heavy (non-hydrogen) atoms. The van der Waals surface area contributed by atoms with Crippen molar-refractivity contribution < 1.29 is 9.53 Å². The molecule has 2 fully saturated rings. The Labute approximate surface area is 119 Å². The summed E-state index contributed by atoms with van der Waals surface area (Å²) in [6.07, 6.45) is 5.82. The van der Waals surface area contributed by atoms with E-state index in [4.69, 9.17) is 10.5 Å². The number of carbonyl (C=O) groups excluding carboxylic acids is 1. The molecule has 2 atom stereocenters. The first-order chi connectivity index (χ1) is 9.68. The largest absolute Gasteiger partial charge is 0.490 e. The Hall–Kier alpha value is -1.55. The van der Waals surface area contributed by atoms with Crippen molar-refractivity contribution in [2.24, 2.45) is 5.73 Å². The first-order valence-corrected chi connectivity index (χ1v) is 7.47. The molecule has 1 aromatic carbocycles. The molecule has 4 nitrogen and oxygen atoms in total. The molecule has 0 aliphatic heterocycles. The van der Waals surface area contributed by atoms with Crippen LogP contribution in [0.3, 0.4) is 0 Å². The number of hydrogen-bond acceptors (Lipinski definition) is 3. The van der Waals surface area contributed by atoms with Gasteiger partial charge in [-0.2, -0.15) is 0 Å². The molecule has 0 radical (unpaired) electrons. The highest BCUT2D eigenvalue weighted by Crippen LogP contribution is 2.34. The van der Waals surface area contributed by atoms with E-state index in [0.29, 0.717) is 12.5 Å². The predicted octanol–water partition coefficient (Wildman–Crippen LogP) is 1.98. The number of rotatable bonds is 5. The van der Waals surface area contributed by atoms with Crippen LogP contribution in [0, 0.1) is 0 Å². The molecule has 3 rings (SSSR count). The average Bonchev–Trinajstić information content (AvgIpc) is 3.24. The van der Waals surface area contributed by atoms with Crippen molar-refractivity contribution in [1.82, 2.24) is 5.32 Å². The standard InChI is InChI=1S/C16H22N2O2/c17-15(19)16(18-12-8-9-12)10-4-7-14(11-16)20-13-5-2-1-3-6-13/h1-3,5-6,12,14,18H,4,7-11H2,(H2,17,19). The Bertz CT molecular complexity index is 473. The molecule has 0 spiro atoms. The van der Waals surface area contributed by atoms with Crippen LogP contribution in [0.15, 0.2) is 30.3 Å². The summed E-state index contributed by atoms with van der Waals surface area (Å²) in [5.74, 6) is 0.634. The quantitative estimate of drug-likeness (QED) is 0.863. The predicted molar refractivity (Wildman–Crippen MR) is 77.4 cm³/mol. The van der Waals surface area contributed by atoms with E-state index in [2.05, 4.69) is 5.32 Å². The van der Waals surface area contributed by atoms with E-state index in [-0.39, 0.29) is 12.0 Å². The Morgan fingerprint density at radius 3 is 2.65 bits per heavy atom. The van der Waals surface area contributed by atoms with E-state index in [1.807, 2.05) is 30.3 Å². The van der Waals surface area contributed by atoms with E-state index >= 15 is 0 Å². The number of carbonyl (C=O) groups is 1. The van der Waals surface area contributed by atoms with Gasteiger partial charge in [-0.3, -0.25) is 4.79 Å². The van der Waals surface area contributed by atoms with Crippen LogP contribution < -0.4 is 15.8 Å². The van der Waals surface area contributed by atoms with Crippen LogP contribution in [-0.2, 0) is 4.79 Å². The highest BCUT2D eigenvalue weighted by Gasteiger charge is 2.45. The summed E-state index contributed by atoms with van der Waals surface area (Å²) in [6.45, 7) is 0. The van der Waals surface area contributed by atoms with Crippen molar-refractivity contribution >= 4 is 5.91 Å². The number of hydrogen-bond donors (Lipinski definition) is 2. The van der Waals surface area contributed by atoms with Crippen molar-refractivity contribution in [1.29, 1.82) is 0 Å². The van der Waals surface area contributed by atoms with Gasteiger partial charge in [0.2, 0.25) is 5.91 Å². The van der Waals surface area contributed by atoms with Crippen LogP contribution in [0.25, 0.3) is 0 Å². The Morgan fingerprint density at radius 1 is 1.25 bits per heavy atom. The van der Waals surface area contributed by atoms with Crippen molar-refractivity contribution in [2.75, 3.05) is 0 Å². The minimum atomic E-state index is -0.571. The Kier molecular flexibility index (Phi) is 3.66. The van der Waals surface area contributed by atoms with E-state index in [9.17, 15) is 4.79 Å². The van der Waals surface area contributed by atoms with Gasteiger partial charge in [0.25, 0.3) is 0 Å². The molecule has 2 aliphatic rings. The fourth-order valence-electron chi connectivity index (χ4n) is 3.06. The van der Waals surface area contributed by atoms with Gasteiger partial charge in [0.05, 0.1) is 0 Å². The molecule has 2 aliphatic carbocycles. The van der Waals surface area contributed by atoms with Gasteiger partial charge in [0.15, 0.2) is 0 Å². The fraction of sp³-hybridized carbons (Fsp3) is 0.562. The van der Waals surface area contributed by atoms with Gasteiger partial charge in [-0.1, -0.05) is 18.2 Å². The zero-order chi connectivity index (χ0) is 14.0. The summed E-state index contributed by atoms with van der Waals surface area (Å²) in [6, 6.07) is 10.3. The minimum absolute atomic E-state index is 0.0601. The third-order valence-corrected chi connectivity index (χ3v) is 4.28. The number of amides is 1. The van der Waals surface area contributed by atoms with Crippen LogP contribution in [0.2, 0.25) is 0 Å². The van der Waals surface area contributed by atoms with Crippen molar-refractivity contribution in [3.63, 3.8) is 0 Å². The van der Waals surface area contributed by atoms with Crippen LogP contribution in [0.4, 0.5) is 0 Å². The highest BCUT2D eigenvalue weighted by atomic mass is 16.5. The fourth-order valence-corrected chi connectivity index (χ4v) is 3.06. The van der Waals surface area contributed by atoms with Crippen LogP contribution in [0.1, 0.15) is 38.5 Å². The molecule has 1 amide bonds. The van der Waals surface area contributed by atoms with E-state index in [0.717, 1.165) is 37.9 Å². The molecule has 0 heterocycles. The topological polar surface area (TPSA) is 64.4 Å². The Balaban J connectivity index is 1.69. The maximum Gasteiger partial charge on any atom is 0.237 e. The zero-order valence-corrected chi connectivity index (χ0v) is 11.7. The lowest BCUT2D eigenvalue weighted by Gasteiger charge is -2.39. The van der Waals surface area contributed by atoms with Crippen molar-refractivity contribution in [2.45, 2.75) is 56.2 Å². The third-order valence-electron chi connectivity index (χ3n) is 4.28. The maximum absolute atomic E-state index is 11.9. The molecule has 4 heteroatoms. The minimum Gasteiger partial charge on any atom is -0.490 e. The summed E-state index contributed by atoms with van der Waals surface area (Å²) in [5.41, 5.74) is 5.11. The van der Waals surface area contributed by atoms with Gasteiger partial charge in [-0.25, -0.2) is 0 Å². The molecule has 0 saturated heterocycles. The lowest BCUT2D eigenvalue weighted by atomic mass is 9.79. The number of nitrogens with one attached hydrogen (secondary N) is 1. The van der Waals surface area contributed by atoms with Crippen LogP contribution in [0.5, 0.6) is 5.75 Å². The highest BCUT2D eigenvalue weighted by molar-refractivity contribution is 5.85. The Morgan fingerprint density at radius 2 is 2.00 bits per heavy atom. The van der Waals surface area contributed by atoms with Gasteiger partial charge in [0.1, 0.15) is 17.4 Å². The van der Waals surface area contributed by atoms with Crippen molar-refractivity contribution in [3.05, 3.63) is 30.3 Å². The number of ether oxygens (including phenoxy) is 1. The van der Waals surface area contributed by atoms with E-state index < -0.39 is 5.54 Å². The summed E-state index contributed by atoms with van der Waals surface area (Å²) in [7, 11) is 0. The smallest absolute Gasteiger partial charge is 0.237 e. The molecule has 2 saturated carbocycles. The molecular formula is C16H22N2O2. The lowest BCUT2D eigenvalue weighted by Crippen LogP contribution is -2.60. The molecule has 1 aromatic rings. The number of nitrogens with two attached hydrogens (primary N) is 1. The number of benzene rings is 1. The van der Waals surface area contributed by atoms with Gasteiger partial charge in [0, 0.05) is 12.5 Å². The zero-order valence-electron chi connectivity index (χ0n) is 11.7. The van der Waals surface area contributed by atoms with Gasteiger partial charge in [-0.05, 0) is 44.2 Å². The van der Waals surface area contributed by atoms with Crippen LogP contribution >= 0.6 is 0 Å². The van der Waals surface area contributed by atoms with Gasteiger partial charge >= 0.3 is 0 Å². The van der Waals surface area contributed by atoms with Crippen molar-refractivity contribution in [3.8, 4) is 5.75 Å². The van der Waals surface area contributed by atoms with Gasteiger partial charge in [-0.15, -0.1) is 0 Å². The lowest BCUT2D eigenvalue weighted by molar-refractivity contribution is -0.127. The molecule has 2 unspecified atom stereocenters. The molecule has 0 aromatic heterocycles. The second kappa shape index (κ2) is 5.44.